The van der Waals surface area contributed by atoms with Gasteiger partial charge in [0.25, 0.3) is 0 Å². The van der Waals surface area contributed by atoms with Crippen LogP contribution < -0.4 is 0 Å². The van der Waals surface area contributed by atoms with Gasteiger partial charge in [-0.15, -0.1) is 0 Å². The predicted molar refractivity (Wildman–Crippen MR) is 52.0 cm³/mol. The molecule has 0 aliphatic heterocycles. The first kappa shape index (κ1) is 9.79. The number of aliphatic hydroxyl groups is 1. The Kier molecular flexibility index (Phi) is 4.37. The van der Waals surface area contributed by atoms with Gasteiger partial charge in [0.2, 0.25) is 0 Å². The van der Waals surface area contributed by atoms with Crippen molar-refractivity contribution in [3.63, 3.8) is 0 Å². The highest BCUT2D eigenvalue weighted by Crippen LogP contribution is 2.27. The third kappa shape index (κ3) is 2.98. The summed E-state index contributed by atoms with van der Waals surface area (Å²) in [6.07, 6.45) is 11.3. The summed E-state index contributed by atoms with van der Waals surface area (Å²) in [4.78, 5) is 0. The van der Waals surface area contributed by atoms with Gasteiger partial charge in [-0.3, -0.25) is 0 Å². The molecule has 1 fully saturated rings. The highest BCUT2D eigenvalue weighted by atomic mass is 16.3. The molecule has 0 spiro atoms. The van der Waals surface area contributed by atoms with E-state index < -0.39 is 0 Å². The molecule has 0 bridgehead atoms. The van der Waals surface area contributed by atoms with Gasteiger partial charge < -0.3 is 5.11 Å². The van der Waals surface area contributed by atoms with Crippen molar-refractivity contribution >= 4 is 0 Å². The van der Waals surface area contributed by atoms with E-state index in [2.05, 4.69) is 6.08 Å². The molecule has 1 rings (SSSR count). The van der Waals surface area contributed by atoms with E-state index >= 15 is 0 Å². The van der Waals surface area contributed by atoms with Gasteiger partial charge in [-0.05, 0) is 32.1 Å². The monoisotopic (exact) mass is 168 g/mol. The first-order valence-electron chi connectivity index (χ1n) is 5.14. The summed E-state index contributed by atoms with van der Waals surface area (Å²) in [5.74, 6) is 0.579. The van der Waals surface area contributed by atoms with Crippen LogP contribution in [0.3, 0.4) is 0 Å². The molecule has 0 aromatic rings. The lowest BCUT2D eigenvalue weighted by atomic mass is 9.84. The number of hydrogen-bond acceptors (Lipinski definition) is 1. The molecule has 0 heterocycles. The Balaban J connectivity index is 2.24. The van der Waals surface area contributed by atoms with E-state index in [0.29, 0.717) is 5.92 Å². The van der Waals surface area contributed by atoms with Crippen LogP contribution in [0.4, 0.5) is 0 Å². The van der Waals surface area contributed by atoms with Crippen molar-refractivity contribution in [2.24, 2.45) is 5.92 Å². The lowest BCUT2D eigenvalue weighted by Crippen LogP contribution is -2.21. The molecule has 1 nitrogen and oxygen atoms in total. The molecule has 70 valence electrons. The first-order valence-corrected chi connectivity index (χ1v) is 5.14. The fourth-order valence-corrected chi connectivity index (χ4v) is 1.99. The maximum Gasteiger partial charge on any atom is 0.0602 e. The SMILES string of the molecule is C/C=C\CC(O)C1CCCCC1. The van der Waals surface area contributed by atoms with Crippen LogP contribution in [-0.2, 0) is 0 Å². The predicted octanol–water partition coefficient (Wildman–Crippen LogP) is 2.89. The van der Waals surface area contributed by atoms with Gasteiger partial charge >= 0.3 is 0 Å². The van der Waals surface area contributed by atoms with E-state index in [4.69, 9.17) is 0 Å². The van der Waals surface area contributed by atoms with Crippen molar-refractivity contribution in [1.82, 2.24) is 0 Å². The molecule has 0 aromatic carbocycles. The van der Waals surface area contributed by atoms with E-state index in [9.17, 15) is 5.11 Å². The topological polar surface area (TPSA) is 20.2 Å². The number of aliphatic hydroxyl groups excluding tert-OH is 1. The Morgan fingerprint density at radius 3 is 2.58 bits per heavy atom. The Morgan fingerprint density at radius 2 is 2.00 bits per heavy atom. The van der Waals surface area contributed by atoms with E-state index in [0.717, 1.165) is 6.42 Å². The van der Waals surface area contributed by atoms with Gasteiger partial charge in [0.05, 0.1) is 6.10 Å². The summed E-state index contributed by atoms with van der Waals surface area (Å²) in [5, 5.41) is 9.75. The fraction of sp³-hybridized carbons (Fsp3) is 0.818. The molecule has 0 amide bonds. The normalized spacial score (nSPS) is 23.2. The summed E-state index contributed by atoms with van der Waals surface area (Å²) in [6.45, 7) is 2.01. The first-order chi connectivity index (χ1) is 5.84. The summed E-state index contributed by atoms with van der Waals surface area (Å²) in [5.41, 5.74) is 0. The smallest absolute Gasteiger partial charge is 0.0602 e. The highest BCUT2D eigenvalue weighted by molar-refractivity contribution is 4.84. The van der Waals surface area contributed by atoms with Crippen LogP contribution >= 0.6 is 0 Å². The Bertz CT molecular complexity index is 134. The molecule has 1 aliphatic carbocycles. The molecule has 12 heavy (non-hydrogen) atoms. The summed E-state index contributed by atoms with van der Waals surface area (Å²) in [6, 6.07) is 0. The Labute approximate surface area is 75.5 Å². The molecule has 1 N–H and O–H groups in total. The lowest BCUT2D eigenvalue weighted by molar-refractivity contribution is 0.0873. The van der Waals surface area contributed by atoms with Crippen molar-refractivity contribution < 1.29 is 5.11 Å². The minimum atomic E-state index is -0.0819. The van der Waals surface area contributed by atoms with Crippen LogP contribution in [0.1, 0.15) is 45.4 Å². The molecule has 1 heteroatoms. The lowest BCUT2D eigenvalue weighted by Gasteiger charge is -2.25. The molecule has 0 radical (unpaired) electrons. The minimum Gasteiger partial charge on any atom is -0.393 e. The van der Waals surface area contributed by atoms with Crippen LogP contribution in [0.25, 0.3) is 0 Å². The second-order valence-electron chi connectivity index (χ2n) is 3.77. The minimum absolute atomic E-state index is 0.0819. The fourth-order valence-electron chi connectivity index (χ4n) is 1.99. The van der Waals surface area contributed by atoms with E-state index in [1.54, 1.807) is 0 Å². The zero-order valence-corrected chi connectivity index (χ0v) is 8.00. The number of rotatable bonds is 3. The zero-order chi connectivity index (χ0) is 8.81. The average Bonchev–Trinajstić information content (AvgIpc) is 2.15. The Hall–Kier alpha value is -0.300. The second kappa shape index (κ2) is 5.36. The van der Waals surface area contributed by atoms with Crippen LogP contribution in [0.5, 0.6) is 0 Å². The number of hydrogen-bond donors (Lipinski definition) is 1. The largest absolute Gasteiger partial charge is 0.393 e. The quantitative estimate of drug-likeness (QED) is 0.642. The van der Waals surface area contributed by atoms with Crippen LogP contribution in [-0.4, -0.2) is 11.2 Å². The van der Waals surface area contributed by atoms with Gasteiger partial charge in [-0.2, -0.15) is 0 Å². The molecular formula is C11H20O. The van der Waals surface area contributed by atoms with Crippen molar-refractivity contribution in [3.8, 4) is 0 Å². The summed E-state index contributed by atoms with van der Waals surface area (Å²) >= 11 is 0. The standard InChI is InChI=1S/C11H20O/c1-2-3-9-11(12)10-7-5-4-6-8-10/h2-3,10-12H,4-9H2,1H3/b3-2-. The van der Waals surface area contributed by atoms with Gasteiger partial charge in [-0.1, -0.05) is 31.4 Å². The molecule has 1 saturated carbocycles. The van der Waals surface area contributed by atoms with Gasteiger partial charge in [0.15, 0.2) is 0 Å². The molecule has 0 saturated heterocycles. The van der Waals surface area contributed by atoms with E-state index in [1.165, 1.54) is 32.1 Å². The van der Waals surface area contributed by atoms with Gasteiger partial charge in [0, 0.05) is 0 Å². The van der Waals surface area contributed by atoms with Gasteiger partial charge in [0.1, 0.15) is 0 Å². The summed E-state index contributed by atoms with van der Waals surface area (Å²) < 4.78 is 0. The van der Waals surface area contributed by atoms with E-state index in [-0.39, 0.29) is 6.10 Å². The van der Waals surface area contributed by atoms with Crippen molar-refractivity contribution in [3.05, 3.63) is 12.2 Å². The zero-order valence-electron chi connectivity index (χ0n) is 8.00. The molecule has 1 aliphatic rings. The van der Waals surface area contributed by atoms with Crippen molar-refractivity contribution in [2.75, 3.05) is 0 Å². The summed E-state index contributed by atoms with van der Waals surface area (Å²) in [7, 11) is 0. The molecule has 1 atom stereocenters. The van der Waals surface area contributed by atoms with Crippen molar-refractivity contribution in [1.29, 1.82) is 0 Å². The second-order valence-corrected chi connectivity index (χ2v) is 3.77. The van der Waals surface area contributed by atoms with Crippen LogP contribution in [0.15, 0.2) is 12.2 Å². The average molecular weight is 168 g/mol. The highest BCUT2D eigenvalue weighted by Gasteiger charge is 2.20. The maximum absolute atomic E-state index is 9.75. The Morgan fingerprint density at radius 1 is 1.33 bits per heavy atom. The maximum atomic E-state index is 9.75. The van der Waals surface area contributed by atoms with Gasteiger partial charge in [-0.25, -0.2) is 0 Å². The van der Waals surface area contributed by atoms with E-state index in [1.807, 2.05) is 13.0 Å². The third-order valence-corrected chi connectivity index (χ3v) is 2.81. The van der Waals surface area contributed by atoms with Crippen molar-refractivity contribution in [2.45, 2.75) is 51.6 Å². The third-order valence-electron chi connectivity index (χ3n) is 2.81. The van der Waals surface area contributed by atoms with Crippen LogP contribution in [0, 0.1) is 5.92 Å². The molecule has 0 aromatic heterocycles. The van der Waals surface area contributed by atoms with Crippen LogP contribution in [0.2, 0.25) is 0 Å². The number of allylic oxidation sites excluding steroid dienone is 1. The molecular weight excluding hydrogens is 148 g/mol. The molecule has 1 unspecified atom stereocenters.